The lowest BCUT2D eigenvalue weighted by Crippen LogP contribution is -1.82. The molecule has 0 aliphatic heterocycles. The predicted molar refractivity (Wildman–Crippen MR) is 45.8 cm³/mol. The molecule has 0 aromatic carbocycles. The molecular weight excluding hydrogens is 120 g/mol. The van der Waals surface area contributed by atoms with Gasteiger partial charge in [-0.25, -0.2) is 0 Å². The molecule has 0 aromatic heterocycles. The molecule has 0 spiro atoms. The Labute approximate surface area is 62.9 Å². The molecule has 1 aliphatic carbocycles. The Balaban J connectivity index is 2.40. The van der Waals surface area contributed by atoms with Crippen molar-refractivity contribution in [1.82, 2.24) is 0 Å². The van der Waals surface area contributed by atoms with E-state index in [1.165, 1.54) is 12.0 Å². The van der Waals surface area contributed by atoms with Crippen LogP contribution in [0.25, 0.3) is 0 Å². The number of hydrogen-bond acceptors (Lipinski definition) is 0. The van der Waals surface area contributed by atoms with Gasteiger partial charge in [-0.2, -0.15) is 0 Å². The summed E-state index contributed by atoms with van der Waals surface area (Å²) in [5.74, 6) is 0.773. The highest BCUT2D eigenvalue weighted by Crippen LogP contribution is 2.10. The zero-order valence-electron chi connectivity index (χ0n) is 6.67. The van der Waals surface area contributed by atoms with Gasteiger partial charge in [0.05, 0.1) is 0 Å². The molecule has 0 saturated heterocycles. The minimum Gasteiger partial charge on any atom is -0.0770 e. The van der Waals surface area contributed by atoms with E-state index < -0.39 is 0 Å². The van der Waals surface area contributed by atoms with Gasteiger partial charge < -0.3 is 0 Å². The molecule has 10 heavy (non-hydrogen) atoms. The van der Waals surface area contributed by atoms with E-state index in [-0.39, 0.29) is 0 Å². The number of allylic oxidation sites excluding steroid dienone is 6. The van der Waals surface area contributed by atoms with Gasteiger partial charge in [0.2, 0.25) is 0 Å². The molecule has 1 rings (SSSR count). The fourth-order valence-corrected chi connectivity index (χ4v) is 0.897. The van der Waals surface area contributed by atoms with Crippen molar-refractivity contribution in [1.29, 1.82) is 0 Å². The molecule has 0 radical (unpaired) electrons. The average molecular weight is 134 g/mol. The van der Waals surface area contributed by atoms with Gasteiger partial charge in [-0.1, -0.05) is 44.2 Å². The Kier molecular flexibility index (Phi) is 2.49. The van der Waals surface area contributed by atoms with Crippen LogP contribution >= 0.6 is 0 Å². The first kappa shape index (κ1) is 7.33. The largest absolute Gasteiger partial charge is 0.0770 e. The molecule has 0 N–H and O–H groups in total. The summed E-state index contributed by atoms with van der Waals surface area (Å²) in [5.41, 5.74) is 1.36. The molecule has 0 fully saturated rings. The van der Waals surface area contributed by atoms with Crippen molar-refractivity contribution in [2.45, 2.75) is 20.3 Å². The standard InChI is InChI=1S/C10H14/c1-9(2)7-8-10-5-3-4-6-10/h3-6,8-9H,7H2,1-2H3. The van der Waals surface area contributed by atoms with E-state index >= 15 is 0 Å². The van der Waals surface area contributed by atoms with Crippen LogP contribution in [0.3, 0.4) is 0 Å². The lowest BCUT2D eigenvalue weighted by molar-refractivity contribution is 0.663. The van der Waals surface area contributed by atoms with E-state index in [0.29, 0.717) is 0 Å². The third-order valence-corrected chi connectivity index (χ3v) is 1.51. The fraction of sp³-hybridized carbons (Fsp3) is 0.400. The van der Waals surface area contributed by atoms with E-state index in [2.05, 4.69) is 44.2 Å². The third-order valence-electron chi connectivity index (χ3n) is 1.51. The maximum Gasteiger partial charge on any atom is -0.0297 e. The van der Waals surface area contributed by atoms with Gasteiger partial charge >= 0.3 is 0 Å². The van der Waals surface area contributed by atoms with Crippen LogP contribution in [0.5, 0.6) is 0 Å². The summed E-state index contributed by atoms with van der Waals surface area (Å²) in [6, 6.07) is 0. The van der Waals surface area contributed by atoms with Crippen LogP contribution in [-0.4, -0.2) is 0 Å². The zero-order valence-corrected chi connectivity index (χ0v) is 6.67. The minimum atomic E-state index is 0.773. The van der Waals surface area contributed by atoms with Crippen molar-refractivity contribution in [3.8, 4) is 0 Å². The van der Waals surface area contributed by atoms with E-state index in [1.54, 1.807) is 0 Å². The second-order valence-corrected chi connectivity index (χ2v) is 3.05. The molecule has 0 unspecified atom stereocenters. The summed E-state index contributed by atoms with van der Waals surface area (Å²) >= 11 is 0. The van der Waals surface area contributed by atoms with E-state index in [1.807, 2.05) is 0 Å². The van der Waals surface area contributed by atoms with Gasteiger partial charge in [-0.05, 0) is 17.9 Å². The Morgan fingerprint density at radius 2 is 1.90 bits per heavy atom. The van der Waals surface area contributed by atoms with E-state index in [4.69, 9.17) is 0 Å². The minimum absolute atomic E-state index is 0.773. The highest BCUT2D eigenvalue weighted by Gasteiger charge is 1.92. The number of hydrogen-bond donors (Lipinski definition) is 0. The molecule has 54 valence electrons. The summed E-state index contributed by atoms with van der Waals surface area (Å²) in [6.45, 7) is 4.47. The Hall–Kier alpha value is -0.780. The average Bonchev–Trinajstić information content (AvgIpc) is 2.34. The predicted octanol–water partition coefficient (Wildman–Crippen LogP) is 3.08. The summed E-state index contributed by atoms with van der Waals surface area (Å²) in [6.07, 6.45) is 11.9. The Morgan fingerprint density at radius 1 is 1.30 bits per heavy atom. The van der Waals surface area contributed by atoms with Crippen molar-refractivity contribution in [2.75, 3.05) is 0 Å². The van der Waals surface area contributed by atoms with Crippen molar-refractivity contribution in [3.63, 3.8) is 0 Å². The Bertz CT molecular complexity index is 166. The summed E-state index contributed by atoms with van der Waals surface area (Å²) in [7, 11) is 0. The quantitative estimate of drug-likeness (QED) is 0.544. The number of rotatable bonds is 2. The molecule has 0 heteroatoms. The molecule has 0 aromatic rings. The highest BCUT2D eigenvalue weighted by molar-refractivity contribution is 5.39. The van der Waals surface area contributed by atoms with Crippen LogP contribution in [0.2, 0.25) is 0 Å². The van der Waals surface area contributed by atoms with Crippen LogP contribution in [0.4, 0.5) is 0 Å². The molecule has 0 atom stereocenters. The van der Waals surface area contributed by atoms with Crippen LogP contribution in [0, 0.1) is 5.92 Å². The molecule has 0 amide bonds. The maximum atomic E-state index is 2.28. The molecular formula is C10H14. The first-order valence-electron chi connectivity index (χ1n) is 3.84. The van der Waals surface area contributed by atoms with Crippen molar-refractivity contribution in [2.24, 2.45) is 5.92 Å². The first-order chi connectivity index (χ1) is 4.79. The molecule has 0 bridgehead atoms. The van der Waals surface area contributed by atoms with Crippen LogP contribution in [0.15, 0.2) is 36.0 Å². The SMILES string of the molecule is CC(C)CC=C1C=CC=C1. The molecule has 0 nitrogen and oxygen atoms in total. The normalized spacial score (nSPS) is 15.3. The second kappa shape index (κ2) is 3.40. The smallest absolute Gasteiger partial charge is 0.0297 e. The summed E-state index contributed by atoms with van der Waals surface area (Å²) < 4.78 is 0. The van der Waals surface area contributed by atoms with Gasteiger partial charge in [0.1, 0.15) is 0 Å². The molecule has 0 saturated carbocycles. The molecule has 0 heterocycles. The lowest BCUT2D eigenvalue weighted by Gasteiger charge is -1.97. The third kappa shape index (κ3) is 2.22. The monoisotopic (exact) mass is 134 g/mol. The zero-order chi connectivity index (χ0) is 7.40. The first-order valence-corrected chi connectivity index (χ1v) is 3.84. The van der Waals surface area contributed by atoms with Gasteiger partial charge in [-0.15, -0.1) is 0 Å². The lowest BCUT2D eigenvalue weighted by atomic mass is 10.1. The van der Waals surface area contributed by atoms with Crippen molar-refractivity contribution in [3.05, 3.63) is 36.0 Å². The highest BCUT2D eigenvalue weighted by atomic mass is 14.0. The van der Waals surface area contributed by atoms with Gasteiger partial charge in [-0.3, -0.25) is 0 Å². The van der Waals surface area contributed by atoms with Crippen molar-refractivity contribution >= 4 is 0 Å². The van der Waals surface area contributed by atoms with E-state index in [9.17, 15) is 0 Å². The summed E-state index contributed by atoms with van der Waals surface area (Å²) in [4.78, 5) is 0. The van der Waals surface area contributed by atoms with Crippen molar-refractivity contribution < 1.29 is 0 Å². The second-order valence-electron chi connectivity index (χ2n) is 3.05. The topological polar surface area (TPSA) is 0 Å². The van der Waals surface area contributed by atoms with Crippen LogP contribution < -0.4 is 0 Å². The van der Waals surface area contributed by atoms with Gasteiger partial charge in [0.15, 0.2) is 0 Å². The van der Waals surface area contributed by atoms with Gasteiger partial charge in [0, 0.05) is 0 Å². The van der Waals surface area contributed by atoms with Crippen LogP contribution in [0.1, 0.15) is 20.3 Å². The fourth-order valence-electron chi connectivity index (χ4n) is 0.897. The van der Waals surface area contributed by atoms with Crippen LogP contribution in [-0.2, 0) is 0 Å². The van der Waals surface area contributed by atoms with Gasteiger partial charge in [0.25, 0.3) is 0 Å². The molecule has 1 aliphatic rings. The maximum absolute atomic E-state index is 2.28. The Morgan fingerprint density at radius 3 is 2.40 bits per heavy atom. The summed E-state index contributed by atoms with van der Waals surface area (Å²) in [5, 5.41) is 0. The van der Waals surface area contributed by atoms with E-state index in [0.717, 1.165) is 5.92 Å².